The predicted octanol–water partition coefficient (Wildman–Crippen LogP) is -0.571. The van der Waals surface area contributed by atoms with Gasteiger partial charge in [-0.25, -0.2) is 0 Å². The van der Waals surface area contributed by atoms with E-state index in [1.807, 2.05) is 0 Å². The molecule has 0 bridgehead atoms. The minimum Gasteiger partial charge on any atom is -0.385 e. The van der Waals surface area contributed by atoms with Gasteiger partial charge in [0, 0.05) is 19.3 Å². The molecule has 0 unspecified atom stereocenters. The summed E-state index contributed by atoms with van der Waals surface area (Å²) in [7, 11) is 1.77. The lowest BCUT2D eigenvalue weighted by atomic mass is 10.4. The molecule has 1 aliphatic rings. The molecule has 6 heteroatoms. The lowest BCUT2D eigenvalue weighted by Crippen LogP contribution is -2.20. The van der Waals surface area contributed by atoms with Crippen LogP contribution in [0.15, 0.2) is 17.4 Å². The smallest absolute Gasteiger partial charge is 0.256 e. The van der Waals surface area contributed by atoms with Gasteiger partial charge in [0.2, 0.25) is 0 Å². The van der Waals surface area contributed by atoms with Crippen molar-refractivity contribution < 1.29 is 4.79 Å². The molecule has 6 nitrogen and oxygen atoms in total. The van der Waals surface area contributed by atoms with Crippen molar-refractivity contribution in [3.63, 3.8) is 0 Å². The first kappa shape index (κ1) is 7.78. The van der Waals surface area contributed by atoms with E-state index in [0.717, 1.165) is 0 Å². The van der Waals surface area contributed by atoms with Crippen LogP contribution in [0.4, 0.5) is 5.82 Å². The molecule has 2 heterocycles. The van der Waals surface area contributed by atoms with E-state index in [4.69, 9.17) is 5.73 Å². The van der Waals surface area contributed by atoms with Crippen LogP contribution >= 0.6 is 0 Å². The Morgan fingerprint density at radius 3 is 2.85 bits per heavy atom. The zero-order valence-electron chi connectivity index (χ0n) is 7.14. The fraction of sp³-hybridized carbons (Fsp3) is 0.286. The second-order valence-electron chi connectivity index (χ2n) is 2.82. The van der Waals surface area contributed by atoms with E-state index in [0.29, 0.717) is 11.7 Å². The summed E-state index contributed by atoms with van der Waals surface area (Å²) in [4.78, 5) is 11.3. The second-order valence-corrected chi connectivity index (χ2v) is 2.82. The Hall–Kier alpha value is -1.85. The topological polar surface area (TPSA) is 76.5 Å². The molecular formula is C7H9N5O. The van der Waals surface area contributed by atoms with E-state index in [-0.39, 0.29) is 12.3 Å². The first-order valence-corrected chi connectivity index (χ1v) is 3.82. The number of anilines is 1. The van der Waals surface area contributed by atoms with Gasteiger partial charge in [0.1, 0.15) is 5.84 Å². The molecule has 68 valence electrons. The van der Waals surface area contributed by atoms with Crippen LogP contribution in [0, 0.1) is 0 Å². The largest absolute Gasteiger partial charge is 0.385 e. The lowest BCUT2D eigenvalue weighted by molar-refractivity contribution is -0.116. The standard InChI is InChI=1S/C7H9N5O/c1-11-3-2-6(10-11)12-7(13)4-5(8)9-12/h2-3H,4H2,1H3,(H2,8,9). The van der Waals surface area contributed by atoms with Crippen LogP contribution in [-0.4, -0.2) is 21.5 Å². The number of nitrogens with zero attached hydrogens (tertiary/aromatic N) is 4. The Bertz CT molecular complexity index is 380. The molecule has 1 aromatic rings. The fourth-order valence-corrected chi connectivity index (χ4v) is 1.14. The van der Waals surface area contributed by atoms with Crippen LogP contribution in [0.1, 0.15) is 6.42 Å². The number of nitrogens with two attached hydrogens (primary N) is 1. The molecule has 0 saturated heterocycles. The number of hydrogen-bond donors (Lipinski definition) is 1. The molecule has 0 radical (unpaired) electrons. The van der Waals surface area contributed by atoms with Crippen molar-refractivity contribution in [3.8, 4) is 0 Å². The van der Waals surface area contributed by atoms with Gasteiger partial charge in [-0.2, -0.15) is 15.2 Å². The monoisotopic (exact) mass is 179 g/mol. The second kappa shape index (κ2) is 2.58. The number of carbonyl (C=O) groups excluding carboxylic acids is 1. The van der Waals surface area contributed by atoms with Gasteiger partial charge in [0.25, 0.3) is 5.91 Å². The fourth-order valence-electron chi connectivity index (χ4n) is 1.14. The average Bonchev–Trinajstić information content (AvgIpc) is 2.58. The van der Waals surface area contributed by atoms with Crippen LogP contribution in [-0.2, 0) is 11.8 Å². The van der Waals surface area contributed by atoms with E-state index < -0.39 is 0 Å². The molecule has 1 amide bonds. The summed E-state index contributed by atoms with van der Waals surface area (Å²) in [6, 6.07) is 1.71. The number of amidine groups is 1. The van der Waals surface area contributed by atoms with Gasteiger partial charge in [-0.3, -0.25) is 9.48 Å². The van der Waals surface area contributed by atoms with E-state index in [2.05, 4.69) is 10.2 Å². The molecule has 0 fully saturated rings. The third-order valence-corrected chi connectivity index (χ3v) is 1.71. The molecule has 0 aliphatic carbocycles. The number of amides is 1. The average molecular weight is 179 g/mol. The zero-order chi connectivity index (χ0) is 9.42. The minimum atomic E-state index is -0.142. The van der Waals surface area contributed by atoms with E-state index in [9.17, 15) is 4.79 Å². The number of carbonyl (C=O) groups is 1. The summed E-state index contributed by atoms with van der Waals surface area (Å²) in [5, 5.41) is 9.11. The molecule has 1 aromatic heterocycles. The molecular weight excluding hydrogens is 170 g/mol. The summed E-state index contributed by atoms with van der Waals surface area (Å²) in [5.74, 6) is 0.694. The highest BCUT2D eigenvalue weighted by atomic mass is 16.2. The van der Waals surface area contributed by atoms with Gasteiger partial charge >= 0.3 is 0 Å². The van der Waals surface area contributed by atoms with Gasteiger partial charge in [0.15, 0.2) is 5.82 Å². The normalized spacial score (nSPS) is 16.5. The number of aryl methyl sites for hydroxylation is 1. The Morgan fingerprint density at radius 1 is 1.62 bits per heavy atom. The predicted molar refractivity (Wildman–Crippen MR) is 46.9 cm³/mol. The van der Waals surface area contributed by atoms with Crippen molar-refractivity contribution >= 4 is 17.6 Å². The summed E-state index contributed by atoms with van der Waals surface area (Å²) in [6.45, 7) is 0. The van der Waals surface area contributed by atoms with Crippen molar-refractivity contribution in [2.75, 3.05) is 5.01 Å². The zero-order valence-corrected chi connectivity index (χ0v) is 7.14. The van der Waals surface area contributed by atoms with Gasteiger partial charge in [-0.05, 0) is 0 Å². The maximum absolute atomic E-state index is 11.3. The first-order chi connectivity index (χ1) is 6.16. The van der Waals surface area contributed by atoms with Crippen molar-refractivity contribution in [1.82, 2.24) is 9.78 Å². The van der Waals surface area contributed by atoms with Gasteiger partial charge < -0.3 is 5.73 Å². The molecule has 2 N–H and O–H groups in total. The molecule has 0 aromatic carbocycles. The van der Waals surface area contributed by atoms with Crippen LogP contribution in [0.2, 0.25) is 0 Å². The highest BCUT2D eigenvalue weighted by molar-refractivity contribution is 6.11. The van der Waals surface area contributed by atoms with Crippen LogP contribution < -0.4 is 10.7 Å². The summed E-state index contributed by atoms with van der Waals surface area (Å²) >= 11 is 0. The summed E-state index contributed by atoms with van der Waals surface area (Å²) < 4.78 is 1.60. The third kappa shape index (κ3) is 1.26. The summed E-state index contributed by atoms with van der Waals surface area (Å²) in [5.41, 5.74) is 5.41. The van der Waals surface area contributed by atoms with Gasteiger partial charge in [-0.1, -0.05) is 0 Å². The maximum atomic E-state index is 11.3. The van der Waals surface area contributed by atoms with Crippen molar-refractivity contribution in [2.45, 2.75) is 6.42 Å². The Labute approximate surface area is 74.6 Å². The van der Waals surface area contributed by atoms with E-state index in [1.54, 1.807) is 24.0 Å². The highest BCUT2D eigenvalue weighted by Crippen LogP contribution is 2.15. The van der Waals surface area contributed by atoms with Crippen molar-refractivity contribution in [3.05, 3.63) is 12.3 Å². The number of hydrazone groups is 1. The number of aromatic nitrogens is 2. The quantitative estimate of drug-likeness (QED) is 0.627. The van der Waals surface area contributed by atoms with Crippen molar-refractivity contribution in [1.29, 1.82) is 0 Å². The minimum absolute atomic E-state index is 0.142. The number of rotatable bonds is 1. The highest BCUT2D eigenvalue weighted by Gasteiger charge is 2.24. The molecule has 1 aliphatic heterocycles. The van der Waals surface area contributed by atoms with Crippen molar-refractivity contribution in [2.24, 2.45) is 17.9 Å². The van der Waals surface area contributed by atoms with E-state index in [1.165, 1.54) is 5.01 Å². The SMILES string of the molecule is Cn1ccc(N2N=C(N)CC2=O)n1. The van der Waals surface area contributed by atoms with Gasteiger partial charge in [-0.15, -0.1) is 0 Å². The van der Waals surface area contributed by atoms with Crippen LogP contribution in [0.3, 0.4) is 0 Å². The lowest BCUT2D eigenvalue weighted by Gasteiger charge is -2.05. The van der Waals surface area contributed by atoms with Crippen LogP contribution in [0.25, 0.3) is 0 Å². The number of hydrogen-bond acceptors (Lipinski definition) is 4. The summed E-state index contributed by atoms with van der Waals surface area (Å²) in [6.07, 6.45) is 1.92. The first-order valence-electron chi connectivity index (χ1n) is 3.82. The van der Waals surface area contributed by atoms with E-state index >= 15 is 0 Å². The third-order valence-electron chi connectivity index (χ3n) is 1.71. The Kier molecular flexibility index (Phi) is 1.54. The molecule has 13 heavy (non-hydrogen) atoms. The Morgan fingerprint density at radius 2 is 2.38 bits per heavy atom. The molecule has 0 spiro atoms. The molecule has 2 rings (SSSR count). The van der Waals surface area contributed by atoms with Crippen LogP contribution in [0.5, 0.6) is 0 Å². The molecule has 0 saturated carbocycles. The molecule has 0 atom stereocenters. The Balaban J connectivity index is 2.32. The van der Waals surface area contributed by atoms with Gasteiger partial charge in [0.05, 0.1) is 6.42 Å². The maximum Gasteiger partial charge on any atom is 0.256 e.